The van der Waals surface area contributed by atoms with E-state index in [-0.39, 0.29) is 17.4 Å². The molecule has 1 amide bonds. The number of nitrogens with two attached hydrogens (primary N) is 1. The first-order valence-electron chi connectivity index (χ1n) is 5.86. The van der Waals surface area contributed by atoms with E-state index in [1.165, 1.54) is 7.11 Å². The van der Waals surface area contributed by atoms with Gasteiger partial charge in [-0.2, -0.15) is 0 Å². The Balaban J connectivity index is 2.11. The summed E-state index contributed by atoms with van der Waals surface area (Å²) in [5.74, 6) is -0.356. The van der Waals surface area contributed by atoms with Gasteiger partial charge in [0.2, 0.25) is 5.91 Å². The van der Waals surface area contributed by atoms with Gasteiger partial charge in [0.25, 0.3) is 0 Å². The van der Waals surface area contributed by atoms with E-state index in [2.05, 4.69) is 5.32 Å². The summed E-state index contributed by atoms with van der Waals surface area (Å²) in [5, 5.41) is 2.68. The van der Waals surface area contributed by atoms with E-state index in [9.17, 15) is 13.2 Å². The van der Waals surface area contributed by atoms with Crippen LogP contribution in [0.2, 0.25) is 0 Å². The van der Waals surface area contributed by atoms with Crippen molar-refractivity contribution in [2.45, 2.75) is 6.42 Å². The second kappa shape index (κ2) is 5.08. The number of hydrogen-bond acceptors (Lipinski definition) is 5. The van der Waals surface area contributed by atoms with Crippen LogP contribution < -0.4 is 15.8 Å². The number of carbonyl (C=O) groups is 1. The van der Waals surface area contributed by atoms with E-state index in [1.54, 1.807) is 18.2 Å². The average Bonchev–Trinajstić information content (AvgIpc) is 2.72. The van der Waals surface area contributed by atoms with Crippen LogP contribution in [0.4, 0.5) is 11.4 Å². The fraction of sp³-hybridized carbons (Fsp3) is 0.417. The molecule has 1 heterocycles. The SMILES string of the molecule is COc1cc(N)ccc1NC(=O)C1CCS(=O)(=O)C1. The molecule has 1 saturated heterocycles. The van der Waals surface area contributed by atoms with Crippen LogP contribution in [0.5, 0.6) is 5.75 Å². The lowest BCUT2D eigenvalue weighted by Crippen LogP contribution is -2.24. The molecule has 0 spiro atoms. The second-order valence-electron chi connectivity index (χ2n) is 4.55. The van der Waals surface area contributed by atoms with Crippen molar-refractivity contribution in [1.29, 1.82) is 0 Å². The summed E-state index contributed by atoms with van der Waals surface area (Å²) >= 11 is 0. The smallest absolute Gasteiger partial charge is 0.228 e. The van der Waals surface area contributed by atoms with Gasteiger partial charge in [-0.15, -0.1) is 0 Å². The van der Waals surface area contributed by atoms with Gasteiger partial charge in [-0.1, -0.05) is 0 Å². The highest BCUT2D eigenvalue weighted by Crippen LogP contribution is 2.28. The van der Waals surface area contributed by atoms with Crippen LogP contribution in [-0.4, -0.2) is 32.9 Å². The van der Waals surface area contributed by atoms with Crippen molar-refractivity contribution in [1.82, 2.24) is 0 Å². The first-order valence-corrected chi connectivity index (χ1v) is 7.68. The molecule has 104 valence electrons. The maximum atomic E-state index is 12.0. The van der Waals surface area contributed by atoms with Crippen molar-refractivity contribution in [3.8, 4) is 5.75 Å². The van der Waals surface area contributed by atoms with Crippen LogP contribution in [-0.2, 0) is 14.6 Å². The summed E-state index contributed by atoms with van der Waals surface area (Å²) in [6, 6.07) is 4.88. The second-order valence-corrected chi connectivity index (χ2v) is 6.78. The molecule has 1 fully saturated rings. The monoisotopic (exact) mass is 284 g/mol. The summed E-state index contributed by atoms with van der Waals surface area (Å²) in [4.78, 5) is 12.0. The van der Waals surface area contributed by atoms with E-state index in [0.717, 1.165) is 0 Å². The van der Waals surface area contributed by atoms with Crippen molar-refractivity contribution < 1.29 is 17.9 Å². The van der Waals surface area contributed by atoms with Gasteiger partial charge >= 0.3 is 0 Å². The summed E-state index contributed by atoms with van der Waals surface area (Å²) < 4.78 is 27.8. The van der Waals surface area contributed by atoms with E-state index < -0.39 is 15.8 Å². The summed E-state index contributed by atoms with van der Waals surface area (Å²) in [5.41, 5.74) is 6.64. The molecule has 6 nitrogen and oxygen atoms in total. The van der Waals surface area contributed by atoms with Gasteiger partial charge in [-0.05, 0) is 18.6 Å². The molecule has 3 N–H and O–H groups in total. The molecular weight excluding hydrogens is 268 g/mol. The van der Waals surface area contributed by atoms with Gasteiger partial charge in [0.05, 0.1) is 30.2 Å². The Kier molecular flexibility index (Phi) is 3.66. The van der Waals surface area contributed by atoms with Crippen molar-refractivity contribution >= 4 is 27.1 Å². The van der Waals surface area contributed by atoms with E-state index >= 15 is 0 Å². The van der Waals surface area contributed by atoms with Crippen molar-refractivity contribution in [3.63, 3.8) is 0 Å². The minimum absolute atomic E-state index is 0.0734. The van der Waals surface area contributed by atoms with E-state index in [0.29, 0.717) is 23.5 Å². The van der Waals surface area contributed by atoms with Gasteiger partial charge in [0, 0.05) is 11.8 Å². The van der Waals surface area contributed by atoms with Crippen LogP contribution >= 0.6 is 0 Å². The van der Waals surface area contributed by atoms with E-state index in [4.69, 9.17) is 10.5 Å². The van der Waals surface area contributed by atoms with Crippen LogP contribution in [0.25, 0.3) is 0 Å². The van der Waals surface area contributed by atoms with Gasteiger partial charge in [-0.25, -0.2) is 8.42 Å². The lowest BCUT2D eigenvalue weighted by atomic mass is 10.1. The maximum absolute atomic E-state index is 12.0. The number of nitrogen functional groups attached to an aromatic ring is 1. The third-order valence-corrected chi connectivity index (χ3v) is 4.85. The number of amides is 1. The largest absolute Gasteiger partial charge is 0.494 e. The Labute approximate surface area is 111 Å². The normalized spacial score (nSPS) is 21.0. The maximum Gasteiger partial charge on any atom is 0.228 e. The first-order chi connectivity index (χ1) is 8.91. The zero-order chi connectivity index (χ0) is 14.0. The quantitative estimate of drug-likeness (QED) is 0.794. The van der Waals surface area contributed by atoms with Crippen molar-refractivity contribution in [2.24, 2.45) is 5.92 Å². The predicted molar refractivity (Wildman–Crippen MR) is 72.8 cm³/mol. The molecule has 1 aliphatic heterocycles. The zero-order valence-electron chi connectivity index (χ0n) is 10.5. The first kappa shape index (κ1) is 13.7. The molecule has 0 bridgehead atoms. The van der Waals surface area contributed by atoms with Gasteiger partial charge < -0.3 is 15.8 Å². The Bertz CT molecular complexity index is 598. The number of hydrogen-bond donors (Lipinski definition) is 2. The molecule has 1 aromatic carbocycles. The highest BCUT2D eigenvalue weighted by molar-refractivity contribution is 7.91. The minimum Gasteiger partial charge on any atom is -0.494 e. The van der Waals surface area contributed by atoms with Crippen molar-refractivity contribution in [3.05, 3.63) is 18.2 Å². The molecule has 1 aromatic rings. The Morgan fingerprint density at radius 2 is 2.21 bits per heavy atom. The molecule has 19 heavy (non-hydrogen) atoms. The van der Waals surface area contributed by atoms with E-state index in [1.807, 2.05) is 0 Å². The molecule has 0 radical (unpaired) electrons. The van der Waals surface area contributed by atoms with Crippen LogP contribution in [0.3, 0.4) is 0 Å². The number of carbonyl (C=O) groups excluding carboxylic acids is 1. The topological polar surface area (TPSA) is 98.5 Å². The van der Waals surface area contributed by atoms with Gasteiger partial charge in [-0.3, -0.25) is 4.79 Å². The number of methoxy groups -OCH3 is 1. The number of nitrogens with one attached hydrogen (secondary N) is 1. The van der Waals surface area contributed by atoms with Crippen molar-refractivity contribution in [2.75, 3.05) is 29.7 Å². The Morgan fingerprint density at radius 3 is 2.79 bits per heavy atom. The highest BCUT2D eigenvalue weighted by atomic mass is 32.2. The molecule has 0 aliphatic carbocycles. The fourth-order valence-corrected chi connectivity index (χ4v) is 3.79. The molecular formula is C12H16N2O4S. The molecule has 0 aromatic heterocycles. The number of benzene rings is 1. The Morgan fingerprint density at radius 1 is 1.47 bits per heavy atom. The predicted octanol–water partition coefficient (Wildman–Crippen LogP) is 0.651. The van der Waals surface area contributed by atoms with Gasteiger partial charge in [0.1, 0.15) is 5.75 Å². The highest BCUT2D eigenvalue weighted by Gasteiger charge is 2.33. The lowest BCUT2D eigenvalue weighted by Gasteiger charge is -2.13. The number of sulfone groups is 1. The Hall–Kier alpha value is -1.76. The lowest BCUT2D eigenvalue weighted by molar-refractivity contribution is -0.119. The molecule has 1 aliphatic rings. The van der Waals surface area contributed by atoms with Crippen LogP contribution in [0.1, 0.15) is 6.42 Å². The molecule has 1 atom stereocenters. The third-order valence-electron chi connectivity index (χ3n) is 3.09. The summed E-state index contributed by atoms with van der Waals surface area (Å²) in [6.45, 7) is 0. The molecule has 2 rings (SSSR count). The number of anilines is 2. The number of rotatable bonds is 3. The van der Waals surface area contributed by atoms with Crippen LogP contribution in [0.15, 0.2) is 18.2 Å². The molecule has 1 unspecified atom stereocenters. The molecule has 0 saturated carbocycles. The molecule has 7 heteroatoms. The summed E-state index contributed by atoms with van der Waals surface area (Å²) in [6.07, 6.45) is 0.367. The van der Waals surface area contributed by atoms with Gasteiger partial charge in [0.15, 0.2) is 9.84 Å². The van der Waals surface area contributed by atoms with Crippen LogP contribution in [0, 0.1) is 5.92 Å². The number of ether oxygens (including phenoxy) is 1. The standard InChI is InChI=1S/C12H16N2O4S/c1-18-11-6-9(13)2-3-10(11)14-12(15)8-4-5-19(16,17)7-8/h2-3,6,8H,4-5,7,13H2,1H3,(H,14,15). The summed E-state index contributed by atoms with van der Waals surface area (Å²) in [7, 11) is -1.59. The average molecular weight is 284 g/mol. The minimum atomic E-state index is -3.07. The fourth-order valence-electron chi connectivity index (χ4n) is 2.05. The third kappa shape index (κ3) is 3.17. The zero-order valence-corrected chi connectivity index (χ0v) is 11.4.